The van der Waals surface area contributed by atoms with Crippen molar-refractivity contribution in [2.24, 2.45) is 0 Å². The molecule has 0 bridgehead atoms. The Labute approximate surface area is 131 Å². The molecule has 0 aliphatic heterocycles. The normalized spacial score (nSPS) is 0.727. The summed E-state index contributed by atoms with van der Waals surface area (Å²) in [6, 6.07) is 0. The Balaban J connectivity index is -0.00000000356. The third-order valence-corrected chi connectivity index (χ3v) is 0. The second-order valence-corrected chi connectivity index (χ2v) is 0. The molecule has 7 heteroatoms. The molecule has 0 aromatic heterocycles. The third-order valence-electron chi connectivity index (χ3n) is 0. The molecule has 0 radical (unpaired) electrons. The summed E-state index contributed by atoms with van der Waals surface area (Å²) >= 11 is 0. The van der Waals surface area contributed by atoms with E-state index in [2.05, 4.69) is 0 Å². The van der Waals surface area contributed by atoms with E-state index in [1.807, 2.05) is 0 Å². The van der Waals surface area contributed by atoms with E-state index in [-0.39, 0.29) is 86.2 Å². The zero-order valence-corrected chi connectivity index (χ0v) is 11.6. The summed E-state index contributed by atoms with van der Waals surface area (Å²) in [5, 5.41) is 25.0. The van der Waals surface area contributed by atoms with Gasteiger partial charge in [0.05, 0.1) is 0 Å². The molecule has 0 aromatic rings. The fourth-order valence-corrected chi connectivity index (χ4v) is 0. The monoisotopic (exact) mass is 376 g/mol. The summed E-state index contributed by atoms with van der Waals surface area (Å²) in [4.78, 5) is 0. The van der Waals surface area contributed by atoms with Crippen molar-refractivity contribution in [3.63, 3.8) is 0 Å². The van der Waals surface area contributed by atoms with E-state index in [1.165, 1.54) is 0 Å². The van der Waals surface area contributed by atoms with Gasteiger partial charge in [-0.1, -0.05) is 0 Å². The molecule has 4 nitrogen and oxygen atoms in total. The molecule has 0 unspecified atom stereocenters. The second kappa shape index (κ2) is 2510. The molecule has 0 atom stereocenters. The van der Waals surface area contributed by atoms with Crippen molar-refractivity contribution in [1.82, 2.24) is 0 Å². The smallest absolute Gasteiger partial charge is 0.512 e. The number of halogens is 1. The molecule has 0 fully saturated rings. The van der Waals surface area contributed by atoms with Crippen LogP contribution < -0.4 is 51.4 Å². The van der Waals surface area contributed by atoms with Crippen LogP contribution in [0.2, 0.25) is 0 Å². The topological polar surface area (TPSA) is 95.2 Å². The molecule has 0 aliphatic carbocycles. The molecule has 0 heterocycles. The van der Waals surface area contributed by atoms with E-state index in [0.29, 0.717) is 0 Å². The molecule has 0 rings (SSSR count). The third kappa shape index (κ3) is 2010. The summed E-state index contributed by atoms with van der Waals surface area (Å²) in [6.07, 6.45) is 0. The molecule has 0 spiro atoms. The molecule has 0 saturated heterocycles. The van der Waals surface area contributed by atoms with Gasteiger partial charge in [-0.3, -0.25) is 0 Å². The van der Waals surface area contributed by atoms with Crippen LogP contribution in [0.15, 0.2) is 0 Å². The van der Waals surface area contributed by atoms with Crippen molar-refractivity contribution >= 4 is 12.4 Å². The first kappa shape index (κ1) is 61.3. The van der Waals surface area contributed by atoms with Crippen LogP contribution in [0.25, 0.3) is 0 Å². The zero-order chi connectivity index (χ0) is 8.00. The fraction of sp³-hybridized carbons (Fsp3) is 0. The van der Waals surface area contributed by atoms with Crippen molar-refractivity contribution in [3.8, 4) is 0 Å². The molecule has 0 saturated carbocycles. The van der Waals surface area contributed by atoms with Crippen LogP contribution in [0.5, 0.6) is 0 Å². The Morgan fingerprint density at radius 1 is 0.545 bits per heavy atom. The first-order valence-corrected chi connectivity index (χ1v) is 0.894. The molecule has 11 heavy (non-hydrogen) atoms. The van der Waals surface area contributed by atoms with Crippen LogP contribution in [0.1, 0.15) is 0 Å². The first-order chi connectivity index (χ1) is 4.00. The van der Waals surface area contributed by atoms with Crippen molar-refractivity contribution in [2.45, 2.75) is 0 Å². The molecule has 0 aromatic carbocycles. The van der Waals surface area contributed by atoms with E-state index >= 15 is 0 Å². The van der Waals surface area contributed by atoms with Crippen molar-refractivity contribution in [3.05, 3.63) is 26.3 Å². The number of nitrogens with zero attached hydrogens (tertiary/aromatic N) is 4. The predicted molar refractivity (Wildman–Crippen MR) is 27.1 cm³/mol. The van der Waals surface area contributed by atoms with Gasteiger partial charge in [-0.2, -0.15) is 0 Å². The van der Waals surface area contributed by atoms with Gasteiger partial charge in [0, 0.05) is 0 Å². The average Bonchev–Trinajstić information content (AvgIpc) is 2.03. The van der Waals surface area contributed by atoms with E-state index < -0.39 is 0 Å². The van der Waals surface area contributed by atoms with Crippen LogP contribution in [0.4, 0.5) is 0 Å². The molecule has 0 amide bonds. The van der Waals surface area contributed by atoms with Crippen molar-refractivity contribution in [1.29, 1.82) is 21.0 Å². The van der Waals surface area contributed by atoms with Gasteiger partial charge in [-0.05, 0) is 0 Å². The molecule has 56 valence electrons. The van der Waals surface area contributed by atoms with Crippen LogP contribution in [0, 0.1) is 47.3 Å². The molecular weight excluding hydrogens is 376 g/mol. The predicted octanol–water partition coefficient (Wildman–Crippen LogP) is -2.19. The second-order valence-electron chi connectivity index (χ2n) is 0. The molecule has 0 aliphatic rings. The first-order valence-electron chi connectivity index (χ1n) is 0.894. The minimum Gasteiger partial charge on any atom is -0.512 e. The number of hydrogen-bond donors (Lipinski definition) is 0. The van der Waals surface area contributed by atoms with Gasteiger partial charge >= 0.3 is 73.8 Å². The minimum atomic E-state index is 0. The maximum Gasteiger partial charge on any atom is 3.00 e. The number of hydrogen-bond acceptors (Lipinski definition) is 4. The summed E-state index contributed by atoms with van der Waals surface area (Å²) in [5.41, 5.74) is 0. The minimum absolute atomic E-state index is 0. The largest absolute Gasteiger partial charge is 3.00 e. The van der Waals surface area contributed by atoms with E-state index in [4.69, 9.17) is 47.3 Å². The maximum absolute atomic E-state index is 6.25. The summed E-state index contributed by atoms with van der Waals surface area (Å²) in [7, 11) is 0. The summed E-state index contributed by atoms with van der Waals surface area (Å²) in [6.45, 7) is 19.0. The van der Waals surface area contributed by atoms with Gasteiger partial charge in [0.2, 0.25) is 0 Å². The van der Waals surface area contributed by atoms with Gasteiger partial charge in [-0.15, -0.1) is 12.4 Å². The Bertz CT molecular complexity index is 65.1. The van der Waals surface area contributed by atoms with Gasteiger partial charge in [0.1, 0.15) is 0 Å². The van der Waals surface area contributed by atoms with E-state index in [0.717, 1.165) is 0 Å². The number of rotatable bonds is 0. The summed E-state index contributed by atoms with van der Waals surface area (Å²) in [5.74, 6) is 0. The SMILES string of the molecule is Cl.[Au+3].[C-]#N.[C-]#N.[C-]#N.[C-]#N.[K+]. The standard InChI is InChI=1S/4CN.Au.ClH.K/c4*1-2;;;/h;;;;;1H;/q4*-1;+3;;+1. The van der Waals surface area contributed by atoms with Crippen LogP contribution in [-0.2, 0) is 22.4 Å². The maximum atomic E-state index is 6.25. The van der Waals surface area contributed by atoms with Gasteiger partial charge in [-0.25, -0.2) is 0 Å². The van der Waals surface area contributed by atoms with Crippen LogP contribution in [0.3, 0.4) is 0 Å². The Hall–Kier alpha value is 0.627. The quantitative estimate of drug-likeness (QED) is 0.354. The molecular formula is C4HAuClKN4. The van der Waals surface area contributed by atoms with Gasteiger partial charge in [0.25, 0.3) is 0 Å². The molecule has 0 N–H and O–H groups in total. The average molecular weight is 377 g/mol. The fourth-order valence-electron chi connectivity index (χ4n) is 0. The summed E-state index contributed by atoms with van der Waals surface area (Å²) < 4.78 is 0. The van der Waals surface area contributed by atoms with Crippen LogP contribution >= 0.6 is 12.4 Å². The Morgan fingerprint density at radius 3 is 0.545 bits per heavy atom. The van der Waals surface area contributed by atoms with Crippen molar-refractivity contribution in [2.75, 3.05) is 0 Å². The van der Waals surface area contributed by atoms with Gasteiger partial charge in [0.15, 0.2) is 0 Å². The van der Waals surface area contributed by atoms with E-state index in [9.17, 15) is 0 Å². The van der Waals surface area contributed by atoms with Crippen molar-refractivity contribution < 1.29 is 73.8 Å². The zero-order valence-electron chi connectivity index (χ0n) is 5.50. The Kier molecular flexibility index (Phi) is 14000. The van der Waals surface area contributed by atoms with Crippen LogP contribution in [-0.4, -0.2) is 0 Å². The van der Waals surface area contributed by atoms with E-state index in [1.54, 1.807) is 0 Å². The Morgan fingerprint density at radius 2 is 0.545 bits per heavy atom. The van der Waals surface area contributed by atoms with Gasteiger partial charge < -0.3 is 47.3 Å².